The van der Waals surface area contributed by atoms with Gasteiger partial charge in [-0.25, -0.2) is 9.07 Å². The molecule has 2 heterocycles. The van der Waals surface area contributed by atoms with E-state index in [4.69, 9.17) is 4.74 Å². The number of hydrogen-bond acceptors (Lipinski definition) is 4. The van der Waals surface area contributed by atoms with Crippen LogP contribution < -0.4 is 10.1 Å². The minimum absolute atomic E-state index is 0.0558. The Morgan fingerprint density at radius 1 is 1.27 bits per heavy atom. The molecule has 3 aromatic rings. The normalized spacial score (nSPS) is 15.0. The summed E-state index contributed by atoms with van der Waals surface area (Å²) in [6.45, 7) is 6.05. The zero-order valence-corrected chi connectivity index (χ0v) is 17.1. The summed E-state index contributed by atoms with van der Waals surface area (Å²) in [5.41, 5.74) is 3.51. The van der Waals surface area contributed by atoms with Crippen molar-refractivity contribution in [3.63, 3.8) is 0 Å². The van der Waals surface area contributed by atoms with Gasteiger partial charge in [0.1, 0.15) is 18.2 Å². The maximum Gasteiger partial charge on any atom is 0.234 e. The first-order valence-electron chi connectivity index (χ1n) is 10.0. The summed E-state index contributed by atoms with van der Waals surface area (Å²) in [7, 11) is 0. The van der Waals surface area contributed by atoms with Gasteiger partial charge in [-0.1, -0.05) is 24.3 Å². The second-order valence-electron chi connectivity index (χ2n) is 7.53. The van der Waals surface area contributed by atoms with E-state index < -0.39 is 0 Å². The predicted octanol–water partition coefficient (Wildman–Crippen LogP) is 3.39. The van der Waals surface area contributed by atoms with E-state index in [2.05, 4.69) is 15.3 Å². The first-order chi connectivity index (χ1) is 14.5. The maximum atomic E-state index is 13.6. The summed E-state index contributed by atoms with van der Waals surface area (Å²) in [4.78, 5) is 14.8. The number of ether oxygens (including phenoxy) is 1. The van der Waals surface area contributed by atoms with Gasteiger partial charge in [-0.2, -0.15) is 5.10 Å². The molecule has 0 fully saturated rings. The molecule has 0 saturated heterocycles. The van der Waals surface area contributed by atoms with Crippen molar-refractivity contribution < 1.29 is 13.9 Å². The van der Waals surface area contributed by atoms with Crippen molar-refractivity contribution in [2.24, 2.45) is 0 Å². The van der Waals surface area contributed by atoms with Crippen LogP contribution in [0.5, 0.6) is 5.75 Å². The van der Waals surface area contributed by atoms with Crippen molar-refractivity contribution >= 4 is 5.91 Å². The average molecular weight is 408 g/mol. The fourth-order valence-corrected chi connectivity index (χ4v) is 3.80. The molecule has 6 nitrogen and oxygen atoms in total. The Balaban J connectivity index is 1.41. The van der Waals surface area contributed by atoms with E-state index in [-0.39, 0.29) is 17.8 Å². The molecule has 2 aromatic carbocycles. The van der Waals surface area contributed by atoms with Crippen LogP contribution >= 0.6 is 0 Å². The Bertz CT molecular complexity index is 1050. The van der Waals surface area contributed by atoms with Gasteiger partial charge in [-0.3, -0.25) is 9.69 Å². The van der Waals surface area contributed by atoms with E-state index in [1.54, 1.807) is 23.0 Å². The maximum absolute atomic E-state index is 13.6. The van der Waals surface area contributed by atoms with Crippen LogP contribution in [0.2, 0.25) is 0 Å². The molecule has 4 rings (SSSR count). The fourth-order valence-electron chi connectivity index (χ4n) is 3.80. The van der Waals surface area contributed by atoms with Crippen molar-refractivity contribution in [1.29, 1.82) is 0 Å². The molecule has 0 saturated carbocycles. The number of para-hydroxylation sites is 1. The molecule has 7 heteroatoms. The van der Waals surface area contributed by atoms with Crippen molar-refractivity contribution in [3.05, 3.63) is 77.4 Å². The van der Waals surface area contributed by atoms with Crippen LogP contribution in [-0.2, 0) is 11.3 Å². The van der Waals surface area contributed by atoms with Gasteiger partial charge in [0.15, 0.2) is 0 Å². The summed E-state index contributed by atoms with van der Waals surface area (Å²) in [6, 6.07) is 14.0. The Kier molecular flexibility index (Phi) is 5.81. The summed E-state index contributed by atoms with van der Waals surface area (Å²) < 4.78 is 21.0. The zero-order chi connectivity index (χ0) is 21.1. The van der Waals surface area contributed by atoms with Gasteiger partial charge < -0.3 is 10.1 Å². The number of nitrogens with zero attached hydrogens (tertiary/aromatic N) is 3. The van der Waals surface area contributed by atoms with Gasteiger partial charge in [0, 0.05) is 29.9 Å². The molecule has 1 aromatic heterocycles. The standard InChI is InChI=1S/C23H25FN4O2/c1-16(21-13-25-28(17(21)2)20-8-5-7-19(24)12-20)26-23(29)15-27-10-11-30-22-9-4-3-6-18(22)14-27/h3-9,12-13,16H,10-11,14-15H2,1-2H3,(H,26,29). The molecule has 30 heavy (non-hydrogen) atoms. The smallest absolute Gasteiger partial charge is 0.234 e. The Morgan fingerprint density at radius 2 is 2.10 bits per heavy atom. The highest BCUT2D eigenvalue weighted by Crippen LogP contribution is 2.23. The molecule has 1 amide bonds. The molecule has 1 N–H and O–H groups in total. The lowest BCUT2D eigenvalue weighted by atomic mass is 10.1. The van der Waals surface area contributed by atoms with Gasteiger partial charge in [-0.15, -0.1) is 0 Å². The van der Waals surface area contributed by atoms with Gasteiger partial charge >= 0.3 is 0 Å². The van der Waals surface area contributed by atoms with Crippen LogP contribution in [0.3, 0.4) is 0 Å². The molecular formula is C23H25FN4O2. The van der Waals surface area contributed by atoms with Crippen LogP contribution in [0, 0.1) is 12.7 Å². The molecular weight excluding hydrogens is 383 g/mol. The van der Waals surface area contributed by atoms with Gasteiger partial charge in [0.25, 0.3) is 0 Å². The molecule has 0 radical (unpaired) electrons. The third-order valence-corrected chi connectivity index (χ3v) is 5.34. The molecule has 1 aliphatic heterocycles. The van der Waals surface area contributed by atoms with Gasteiger partial charge in [0.05, 0.1) is 24.5 Å². The minimum Gasteiger partial charge on any atom is -0.492 e. The number of amides is 1. The average Bonchev–Trinajstić information content (AvgIpc) is 2.98. The van der Waals surface area contributed by atoms with Crippen molar-refractivity contribution in [2.45, 2.75) is 26.4 Å². The van der Waals surface area contributed by atoms with Crippen molar-refractivity contribution in [3.8, 4) is 11.4 Å². The SMILES string of the molecule is Cc1c(C(C)NC(=O)CN2CCOc3ccccc3C2)cnn1-c1cccc(F)c1. The van der Waals surface area contributed by atoms with Crippen LogP contribution in [0.4, 0.5) is 4.39 Å². The highest BCUT2D eigenvalue weighted by molar-refractivity contribution is 5.78. The molecule has 156 valence electrons. The van der Waals surface area contributed by atoms with Crippen LogP contribution in [-0.4, -0.2) is 40.3 Å². The number of halogens is 1. The summed E-state index contributed by atoms with van der Waals surface area (Å²) >= 11 is 0. The molecule has 0 spiro atoms. The van der Waals surface area contributed by atoms with Crippen LogP contribution in [0.25, 0.3) is 5.69 Å². The van der Waals surface area contributed by atoms with Crippen LogP contribution in [0.1, 0.15) is 29.8 Å². The number of carbonyl (C=O) groups is 1. The summed E-state index contributed by atoms with van der Waals surface area (Å²) in [6.07, 6.45) is 1.72. The monoisotopic (exact) mass is 408 g/mol. The second-order valence-corrected chi connectivity index (χ2v) is 7.53. The van der Waals surface area contributed by atoms with Crippen LogP contribution in [0.15, 0.2) is 54.7 Å². The first kappa shape index (κ1) is 20.1. The molecule has 1 atom stereocenters. The third kappa shape index (κ3) is 4.36. The predicted molar refractivity (Wildman–Crippen MR) is 112 cm³/mol. The first-order valence-corrected chi connectivity index (χ1v) is 10.0. The fraction of sp³-hybridized carbons (Fsp3) is 0.304. The number of fused-ring (bicyclic) bond motifs is 1. The molecule has 1 unspecified atom stereocenters. The van der Waals surface area contributed by atoms with Crippen molar-refractivity contribution in [2.75, 3.05) is 19.7 Å². The lowest BCUT2D eigenvalue weighted by Gasteiger charge is -2.21. The number of carbonyl (C=O) groups excluding carboxylic acids is 1. The summed E-state index contributed by atoms with van der Waals surface area (Å²) in [5, 5.41) is 7.44. The van der Waals surface area contributed by atoms with E-state index in [1.807, 2.05) is 38.1 Å². The number of nitrogens with one attached hydrogen (secondary N) is 1. The molecule has 0 bridgehead atoms. The topological polar surface area (TPSA) is 59.4 Å². The van der Waals surface area contributed by atoms with E-state index in [9.17, 15) is 9.18 Å². The van der Waals surface area contributed by atoms with Crippen molar-refractivity contribution in [1.82, 2.24) is 20.0 Å². The Morgan fingerprint density at radius 3 is 2.93 bits per heavy atom. The third-order valence-electron chi connectivity index (χ3n) is 5.34. The summed E-state index contributed by atoms with van der Waals surface area (Å²) in [5.74, 6) is 0.516. The number of aromatic nitrogens is 2. The largest absolute Gasteiger partial charge is 0.492 e. The van der Waals surface area contributed by atoms with E-state index >= 15 is 0 Å². The van der Waals surface area contributed by atoms with Gasteiger partial charge in [0.2, 0.25) is 5.91 Å². The number of rotatable bonds is 5. The second kappa shape index (κ2) is 8.67. The van der Waals surface area contributed by atoms with E-state index in [1.165, 1.54) is 12.1 Å². The van der Waals surface area contributed by atoms with E-state index in [0.29, 0.717) is 31.9 Å². The minimum atomic E-state index is -0.312. The lowest BCUT2D eigenvalue weighted by molar-refractivity contribution is -0.123. The number of hydrogen-bond donors (Lipinski definition) is 1. The van der Waals surface area contributed by atoms with Gasteiger partial charge in [-0.05, 0) is 38.1 Å². The highest BCUT2D eigenvalue weighted by atomic mass is 19.1. The quantitative estimate of drug-likeness (QED) is 0.703. The number of benzene rings is 2. The zero-order valence-electron chi connectivity index (χ0n) is 17.1. The Hall–Kier alpha value is -3.19. The highest BCUT2D eigenvalue weighted by Gasteiger charge is 2.20. The van der Waals surface area contributed by atoms with E-state index in [0.717, 1.165) is 22.6 Å². The lowest BCUT2D eigenvalue weighted by Crippen LogP contribution is -2.39. The molecule has 1 aliphatic rings. The Labute approximate surface area is 175 Å². The molecule has 0 aliphatic carbocycles.